The first kappa shape index (κ1) is 22.9. The van der Waals surface area contributed by atoms with Crippen molar-refractivity contribution in [2.45, 2.75) is 75.9 Å². The van der Waals surface area contributed by atoms with Crippen LogP contribution in [0.1, 0.15) is 49.8 Å². The van der Waals surface area contributed by atoms with Crippen LogP contribution in [-0.4, -0.2) is 46.6 Å². The Kier molecular flexibility index (Phi) is 7.07. The summed E-state index contributed by atoms with van der Waals surface area (Å²) in [5, 5.41) is 12.5. The Morgan fingerprint density at radius 1 is 1.26 bits per heavy atom. The van der Waals surface area contributed by atoms with E-state index in [1.165, 1.54) is 11.8 Å². The molecule has 1 amide bonds. The van der Waals surface area contributed by atoms with E-state index in [0.717, 1.165) is 25.0 Å². The third kappa shape index (κ3) is 5.68. The van der Waals surface area contributed by atoms with Crippen LogP contribution in [0.25, 0.3) is 0 Å². The van der Waals surface area contributed by atoms with Crippen LogP contribution >= 0.6 is 0 Å². The van der Waals surface area contributed by atoms with Crippen LogP contribution in [0.2, 0.25) is 0 Å². The van der Waals surface area contributed by atoms with Crippen molar-refractivity contribution in [3.05, 3.63) is 23.4 Å². The number of halogens is 3. The number of aromatic nitrogens is 1. The first-order chi connectivity index (χ1) is 14.7. The Bertz CT molecular complexity index is 860. The summed E-state index contributed by atoms with van der Waals surface area (Å²) in [6.45, 7) is 1.60. The molecule has 1 aromatic rings. The van der Waals surface area contributed by atoms with Crippen molar-refractivity contribution in [2.75, 3.05) is 6.54 Å². The fourth-order valence-corrected chi connectivity index (χ4v) is 4.19. The minimum absolute atomic E-state index is 0.0178. The van der Waals surface area contributed by atoms with Gasteiger partial charge in [-0.1, -0.05) is 5.92 Å². The molecular formula is C22H25F3N4O2. The van der Waals surface area contributed by atoms with Gasteiger partial charge >= 0.3 is 6.18 Å². The van der Waals surface area contributed by atoms with Crippen LogP contribution < -0.4 is 10.1 Å². The van der Waals surface area contributed by atoms with Gasteiger partial charge in [-0.3, -0.25) is 4.79 Å². The van der Waals surface area contributed by atoms with Crippen molar-refractivity contribution in [1.82, 2.24) is 15.2 Å². The van der Waals surface area contributed by atoms with E-state index in [1.54, 1.807) is 0 Å². The summed E-state index contributed by atoms with van der Waals surface area (Å²) in [5.41, 5.74) is -0.520. The molecule has 31 heavy (non-hydrogen) atoms. The number of carbonyl (C=O) groups excluding carboxylic acids is 1. The largest absolute Gasteiger partial charge is 0.474 e. The normalized spacial score (nSPS) is 26.2. The van der Waals surface area contributed by atoms with E-state index in [1.807, 2.05) is 0 Å². The number of aryl methyl sites for hydroxylation is 1. The summed E-state index contributed by atoms with van der Waals surface area (Å²) < 4.78 is 44.7. The van der Waals surface area contributed by atoms with E-state index in [2.05, 4.69) is 22.3 Å². The maximum atomic E-state index is 13.0. The van der Waals surface area contributed by atoms with Gasteiger partial charge in [-0.05, 0) is 51.5 Å². The van der Waals surface area contributed by atoms with Gasteiger partial charge < -0.3 is 15.0 Å². The summed E-state index contributed by atoms with van der Waals surface area (Å²) in [5.74, 6) is 2.37. The molecule has 1 N–H and O–H groups in total. The van der Waals surface area contributed by atoms with E-state index in [4.69, 9.17) is 11.2 Å². The van der Waals surface area contributed by atoms with Crippen molar-refractivity contribution in [1.29, 1.82) is 5.26 Å². The highest BCUT2D eigenvalue weighted by atomic mass is 19.4. The lowest BCUT2D eigenvalue weighted by Gasteiger charge is -2.30. The van der Waals surface area contributed by atoms with Gasteiger partial charge in [-0.25, -0.2) is 4.98 Å². The lowest BCUT2D eigenvalue weighted by molar-refractivity contribution is -0.138. The van der Waals surface area contributed by atoms with E-state index >= 15 is 0 Å². The van der Waals surface area contributed by atoms with Crippen molar-refractivity contribution >= 4 is 5.91 Å². The Morgan fingerprint density at radius 2 is 1.94 bits per heavy atom. The zero-order chi connectivity index (χ0) is 22.6. The molecule has 0 radical (unpaired) electrons. The van der Waals surface area contributed by atoms with Crippen LogP contribution in [-0.2, 0) is 11.0 Å². The van der Waals surface area contributed by atoms with E-state index in [-0.39, 0.29) is 42.2 Å². The van der Waals surface area contributed by atoms with Gasteiger partial charge in [0.05, 0.1) is 24.2 Å². The number of ether oxygens (including phenoxy) is 1. The molecule has 1 aliphatic carbocycles. The molecule has 166 valence electrons. The molecule has 1 saturated carbocycles. The number of nitrogens with zero attached hydrogens (tertiary/aromatic N) is 3. The number of likely N-dealkylation sites (tertiary alicyclic amines) is 1. The molecule has 2 fully saturated rings. The number of alkyl halides is 3. The summed E-state index contributed by atoms with van der Waals surface area (Å²) >= 11 is 0. The average Bonchev–Trinajstić information content (AvgIpc) is 3.15. The number of hydrogen-bond donors (Lipinski definition) is 1. The molecule has 0 unspecified atom stereocenters. The number of terminal acetylenes is 1. The molecule has 1 saturated heterocycles. The second-order valence-electron chi connectivity index (χ2n) is 8.01. The molecule has 0 aromatic carbocycles. The molecule has 1 aliphatic heterocycles. The Labute approximate surface area is 179 Å². The van der Waals surface area contributed by atoms with Gasteiger partial charge in [-0.2, -0.15) is 18.4 Å². The fraction of sp³-hybridized carbons (Fsp3) is 0.591. The number of hydrogen-bond acceptors (Lipinski definition) is 5. The lowest BCUT2D eigenvalue weighted by Crippen LogP contribution is -2.47. The zero-order valence-electron chi connectivity index (χ0n) is 17.3. The third-order valence-electron chi connectivity index (χ3n) is 5.78. The molecule has 2 aliphatic rings. The monoisotopic (exact) mass is 434 g/mol. The zero-order valence-corrected chi connectivity index (χ0v) is 17.3. The molecule has 6 nitrogen and oxygen atoms in total. The number of nitrogens with one attached hydrogen (secondary N) is 1. The van der Waals surface area contributed by atoms with Gasteiger partial charge in [0.2, 0.25) is 11.8 Å². The number of nitriles is 1. The van der Waals surface area contributed by atoms with E-state index in [9.17, 15) is 23.2 Å². The maximum Gasteiger partial charge on any atom is 0.416 e. The highest BCUT2D eigenvalue weighted by Gasteiger charge is 2.36. The van der Waals surface area contributed by atoms with Crippen LogP contribution in [0.15, 0.2) is 12.1 Å². The summed E-state index contributed by atoms with van der Waals surface area (Å²) in [7, 11) is 0. The number of carbonyl (C=O) groups is 1. The molecule has 9 heteroatoms. The van der Waals surface area contributed by atoms with Crippen molar-refractivity contribution < 1.29 is 22.7 Å². The van der Waals surface area contributed by atoms with Gasteiger partial charge in [0.15, 0.2) is 0 Å². The predicted molar refractivity (Wildman–Crippen MR) is 107 cm³/mol. The molecular weight excluding hydrogens is 409 g/mol. The first-order valence-corrected chi connectivity index (χ1v) is 10.3. The van der Waals surface area contributed by atoms with Gasteiger partial charge in [0, 0.05) is 17.8 Å². The first-order valence-electron chi connectivity index (χ1n) is 10.3. The molecule has 1 aromatic heterocycles. The van der Waals surface area contributed by atoms with E-state index in [0.29, 0.717) is 25.7 Å². The lowest BCUT2D eigenvalue weighted by atomic mass is 9.93. The maximum absolute atomic E-state index is 13.0. The highest BCUT2D eigenvalue weighted by molar-refractivity contribution is 5.80. The standard InChI is InChI=1S/C22H25F3N4O2/c1-3-17-6-7-18(12-26)29(17)21(30)13-27-16-4-8-19(9-5-16)31-20-11-15(22(23,24)25)10-14(2)28-20/h1,10-11,16-19,27H,4-9,13H2,2H3/t16?,17-,18-,19?/m0/s1. The van der Waals surface area contributed by atoms with E-state index < -0.39 is 17.8 Å². The smallest absolute Gasteiger partial charge is 0.416 e. The highest BCUT2D eigenvalue weighted by Crippen LogP contribution is 2.32. The van der Waals surface area contributed by atoms with Crippen molar-refractivity contribution in [3.8, 4) is 24.3 Å². The second-order valence-corrected chi connectivity index (χ2v) is 8.01. The van der Waals surface area contributed by atoms with Crippen molar-refractivity contribution in [2.24, 2.45) is 0 Å². The predicted octanol–water partition coefficient (Wildman–Crippen LogP) is 3.20. The van der Waals surface area contributed by atoms with Gasteiger partial charge in [0.25, 0.3) is 0 Å². The third-order valence-corrected chi connectivity index (χ3v) is 5.78. The minimum Gasteiger partial charge on any atom is -0.474 e. The Hall–Kier alpha value is -2.78. The Morgan fingerprint density at radius 3 is 2.55 bits per heavy atom. The second kappa shape index (κ2) is 9.57. The van der Waals surface area contributed by atoms with Crippen LogP contribution in [0.4, 0.5) is 13.2 Å². The number of amides is 1. The summed E-state index contributed by atoms with van der Waals surface area (Å²) in [6, 6.07) is 3.32. The molecule has 2 atom stereocenters. The molecule has 2 heterocycles. The molecule has 0 spiro atoms. The average molecular weight is 434 g/mol. The Balaban J connectivity index is 1.48. The quantitative estimate of drug-likeness (QED) is 0.720. The fourth-order valence-electron chi connectivity index (χ4n) is 4.19. The summed E-state index contributed by atoms with van der Waals surface area (Å²) in [4.78, 5) is 18.1. The van der Waals surface area contributed by atoms with Crippen LogP contribution in [0, 0.1) is 30.6 Å². The summed E-state index contributed by atoms with van der Waals surface area (Å²) in [6.07, 6.45) is 4.74. The van der Waals surface area contributed by atoms with Crippen LogP contribution in [0.5, 0.6) is 5.88 Å². The van der Waals surface area contributed by atoms with Crippen molar-refractivity contribution in [3.63, 3.8) is 0 Å². The topological polar surface area (TPSA) is 78.2 Å². The minimum atomic E-state index is -4.45. The van der Waals surface area contributed by atoms with Gasteiger partial charge in [0.1, 0.15) is 12.1 Å². The van der Waals surface area contributed by atoms with Gasteiger partial charge in [-0.15, -0.1) is 6.42 Å². The molecule has 3 rings (SSSR count). The number of pyridine rings is 1. The molecule has 0 bridgehead atoms. The number of rotatable bonds is 5. The van der Waals surface area contributed by atoms with Crippen LogP contribution in [0.3, 0.4) is 0 Å². The SMILES string of the molecule is C#C[C@H]1CC[C@@H](C#N)N1C(=O)CNC1CCC(Oc2cc(C(F)(F)F)cc(C)n2)CC1.